The van der Waals surface area contributed by atoms with Crippen molar-refractivity contribution in [2.75, 3.05) is 20.1 Å². The molecule has 2 fully saturated rings. The van der Waals surface area contributed by atoms with Gasteiger partial charge in [-0.05, 0) is 33.0 Å². The fraction of sp³-hybridized carbons (Fsp3) is 0.800. The lowest BCUT2D eigenvalue weighted by Gasteiger charge is -2.30. The molecule has 0 spiro atoms. The zero-order chi connectivity index (χ0) is 10.8. The molecule has 0 aromatic heterocycles. The molecule has 2 aliphatic rings. The van der Waals surface area contributed by atoms with Crippen molar-refractivity contribution in [3.8, 4) is 0 Å². The minimum absolute atomic E-state index is 0.162. The SMILES string of the molecule is CN1CCC(NC2CC(=O)NC2=O)CC1. The van der Waals surface area contributed by atoms with Gasteiger partial charge in [0.05, 0.1) is 12.5 Å². The molecule has 5 nitrogen and oxygen atoms in total. The Morgan fingerprint density at radius 3 is 2.53 bits per heavy atom. The number of hydrogen-bond acceptors (Lipinski definition) is 4. The first-order valence-corrected chi connectivity index (χ1v) is 5.43. The summed E-state index contributed by atoms with van der Waals surface area (Å²) >= 11 is 0. The van der Waals surface area contributed by atoms with E-state index in [0.717, 1.165) is 25.9 Å². The van der Waals surface area contributed by atoms with E-state index >= 15 is 0 Å². The van der Waals surface area contributed by atoms with Crippen molar-refractivity contribution < 1.29 is 9.59 Å². The second kappa shape index (κ2) is 4.28. The van der Waals surface area contributed by atoms with Crippen molar-refractivity contribution >= 4 is 11.8 Å². The molecule has 2 aliphatic heterocycles. The Balaban J connectivity index is 1.82. The van der Waals surface area contributed by atoms with Gasteiger partial charge in [0, 0.05) is 6.04 Å². The van der Waals surface area contributed by atoms with E-state index in [1.165, 1.54) is 0 Å². The summed E-state index contributed by atoms with van der Waals surface area (Å²) in [5.41, 5.74) is 0. The highest BCUT2D eigenvalue weighted by Gasteiger charge is 2.32. The van der Waals surface area contributed by atoms with Crippen LogP contribution in [0, 0.1) is 0 Å². The van der Waals surface area contributed by atoms with Crippen LogP contribution in [0.4, 0.5) is 0 Å². The number of amides is 2. The Kier molecular flexibility index (Phi) is 3.02. The Labute approximate surface area is 89.2 Å². The molecule has 2 N–H and O–H groups in total. The Morgan fingerprint density at radius 2 is 2.00 bits per heavy atom. The van der Waals surface area contributed by atoms with E-state index in [1.807, 2.05) is 0 Å². The number of hydrogen-bond donors (Lipinski definition) is 2. The zero-order valence-corrected chi connectivity index (χ0v) is 8.95. The van der Waals surface area contributed by atoms with Gasteiger partial charge < -0.3 is 10.2 Å². The average molecular weight is 211 g/mol. The number of likely N-dealkylation sites (tertiary alicyclic amines) is 1. The lowest BCUT2D eigenvalue weighted by molar-refractivity contribution is -0.125. The van der Waals surface area contributed by atoms with Crippen molar-refractivity contribution in [3.05, 3.63) is 0 Å². The number of piperidine rings is 1. The van der Waals surface area contributed by atoms with E-state index in [-0.39, 0.29) is 17.9 Å². The lowest BCUT2D eigenvalue weighted by Crippen LogP contribution is -2.47. The van der Waals surface area contributed by atoms with Gasteiger partial charge in [0.15, 0.2) is 0 Å². The van der Waals surface area contributed by atoms with Crippen LogP contribution in [0.1, 0.15) is 19.3 Å². The van der Waals surface area contributed by atoms with Crippen LogP contribution >= 0.6 is 0 Å². The molecule has 2 rings (SSSR count). The maximum atomic E-state index is 11.3. The highest BCUT2D eigenvalue weighted by atomic mass is 16.2. The van der Waals surface area contributed by atoms with Gasteiger partial charge in [-0.2, -0.15) is 0 Å². The summed E-state index contributed by atoms with van der Waals surface area (Å²) in [5, 5.41) is 5.57. The molecule has 5 heteroatoms. The molecule has 2 amide bonds. The second-order valence-corrected chi connectivity index (χ2v) is 4.41. The summed E-state index contributed by atoms with van der Waals surface area (Å²) in [6.07, 6.45) is 2.40. The molecule has 15 heavy (non-hydrogen) atoms. The Hall–Kier alpha value is -0.940. The highest BCUT2D eigenvalue weighted by Crippen LogP contribution is 2.11. The van der Waals surface area contributed by atoms with Crippen LogP contribution in [-0.4, -0.2) is 48.9 Å². The van der Waals surface area contributed by atoms with Gasteiger partial charge in [-0.1, -0.05) is 0 Å². The molecule has 0 aliphatic carbocycles. The molecule has 0 saturated carbocycles. The predicted molar refractivity (Wildman–Crippen MR) is 55.2 cm³/mol. The van der Waals surface area contributed by atoms with E-state index in [9.17, 15) is 9.59 Å². The van der Waals surface area contributed by atoms with E-state index in [4.69, 9.17) is 0 Å². The first kappa shape index (κ1) is 10.6. The van der Waals surface area contributed by atoms with Crippen molar-refractivity contribution in [1.82, 2.24) is 15.5 Å². The van der Waals surface area contributed by atoms with Crippen LogP contribution < -0.4 is 10.6 Å². The topological polar surface area (TPSA) is 61.4 Å². The third kappa shape index (κ3) is 2.54. The third-order valence-corrected chi connectivity index (χ3v) is 3.12. The number of imide groups is 1. The van der Waals surface area contributed by atoms with E-state index in [1.54, 1.807) is 0 Å². The van der Waals surface area contributed by atoms with Crippen molar-refractivity contribution in [3.63, 3.8) is 0 Å². The molecule has 2 heterocycles. The van der Waals surface area contributed by atoms with Gasteiger partial charge in [0.25, 0.3) is 0 Å². The monoisotopic (exact) mass is 211 g/mol. The maximum Gasteiger partial charge on any atom is 0.244 e. The molecule has 0 bridgehead atoms. The maximum absolute atomic E-state index is 11.3. The van der Waals surface area contributed by atoms with Gasteiger partial charge in [0.2, 0.25) is 11.8 Å². The van der Waals surface area contributed by atoms with E-state index in [2.05, 4.69) is 22.6 Å². The quantitative estimate of drug-likeness (QED) is 0.580. The molecule has 1 unspecified atom stereocenters. The number of nitrogens with one attached hydrogen (secondary N) is 2. The van der Waals surface area contributed by atoms with Crippen molar-refractivity contribution in [1.29, 1.82) is 0 Å². The summed E-state index contributed by atoms with van der Waals surface area (Å²) in [7, 11) is 2.10. The van der Waals surface area contributed by atoms with E-state index < -0.39 is 0 Å². The van der Waals surface area contributed by atoms with Crippen LogP contribution in [-0.2, 0) is 9.59 Å². The van der Waals surface area contributed by atoms with Gasteiger partial charge in [0.1, 0.15) is 0 Å². The molecule has 84 valence electrons. The summed E-state index contributed by atoms with van der Waals surface area (Å²) < 4.78 is 0. The zero-order valence-electron chi connectivity index (χ0n) is 8.95. The fourth-order valence-corrected chi connectivity index (χ4v) is 2.15. The molecule has 1 atom stereocenters. The third-order valence-electron chi connectivity index (χ3n) is 3.12. The second-order valence-electron chi connectivity index (χ2n) is 4.41. The molecule has 0 aromatic carbocycles. The van der Waals surface area contributed by atoms with Gasteiger partial charge >= 0.3 is 0 Å². The number of carbonyl (C=O) groups excluding carboxylic acids is 2. The first-order valence-electron chi connectivity index (χ1n) is 5.43. The van der Waals surface area contributed by atoms with Crippen LogP contribution in [0.15, 0.2) is 0 Å². The average Bonchev–Trinajstić information content (AvgIpc) is 2.49. The standard InChI is InChI=1S/C10H17N3O2/c1-13-4-2-7(3-5-13)11-8-6-9(14)12-10(8)15/h7-8,11H,2-6H2,1H3,(H,12,14,15). The summed E-state index contributed by atoms with van der Waals surface area (Å²) in [4.78, 5) is 24.6. The van der Waals surface area contributed by atoms with E-state index in [0.29, 0.717) is 12.5 Å². The fourth-order valence-electron chi connectivity index (χ4n) is 2.15. The van der Waals surface area contributed by atoms with Crippen LogP contribution in [0.3, 0.4) is 0 Å². The van der Waals surface area contributed by atoms with Gasteiger partial charge in [-0.15, -0.1) is 0 Å². The summed E-state index contributed by atoms with van der Waals surface area (Å²) in [5.74, 6) is -0.329. The summed E-state index contributed by atoms with van der Waals surface area (Å²) in [6, 6.07) is 0.0776. The number of nitrogens with zero attached hydrogens (tertiary/aromatic N) is 1. The molecular weight excluding hydrogens is 194 g/mol. The van der Waals surface area contributed by atoms with Gasteiger partial charge in [-0.3, -0.25) is 14.9 Å². The number of carbonyl (C=O) groups is 2. The molecule has 0 aromatic rings. The van der Waals surface area contributed by atoms with Crippen molar-refractivity contribution in [2.24, 2.45) is 0 Å². The highest BCUT2D eigenvalue weighted by molar-refractivity contribution is 6.05. The number of rotatable bonds is 2. The lowest BCUT2D eigenvalue weighted by atomic mass is 10.0. The van der Waals surface area contributed by atoms with Crippen LogP contribution in [0.25, 0.3) is 0 Å². The summed E-state index contributed by atoms with van der Waals surface area (Å²) in [6.45, 7) is 2.11. The Morgan fingerprint density at radius 1 is 1.33 bits per heavy atom. The minimum atomic E-state index is -0.300. The largest absolute Gasteiger partial charge is 0.306 e. The molecule has 0 radical (unpaired) electrons. The van der Waals surface area contributed by atoms with Crippen LogP contribution in [0.2, 0.25) is 0 Å². The minimum Gasteiger partial charge on any atom is -0.306 e. The normalized spacial score (nSPS) is 29.5. The molecule has 2 saturated heterocycles. The first-order chi connectivity index (χ1) is 7.15. The molecular formula is C10H17N3O2. The van der Waals surface area contributed by atoms with Crippen LogP contribution in [0.5, 0.6) is 0 Å². The van der Waals surface area contributed by atoms with Crippen molar-refractivity contribution in [2.45, 2.75) is 31.3 Å². The smallest absolute Gasteiger partial charge is 0.244 e. The Bertz CT molecular complexity index is 272. The predicted octanol–water partition coefficient (Wildman–Crippen LogP) is -0.915. The van der Waals surface area contributed by atoms with Gasteiger partial charge in [-0.25, -0.2) is 0 Å².